The third-order valence-electron chi connectivity index (χ3n) is 3.28. The zero-order valence-electron chi connectivity index (χ0n) is 12.3. The van der Waals surface area contributed by atoms with Gasteiger partial charge < -0.3 is 10.4 Å². The molecule has 0 atom stereocenters. The Balaban J connectivity index is 2.20. The van der Waals surface area contributed by atoms with Gasteiger partial charge in [0.1, 0.15) is 10.8 Å². The number of halogens is 1. The van der Waals surface area contributed by atoms with Gasteiger partial charge in [-0.1, -0.05) is 19.1 Å². The number of carbonyl (C=O) groups excluding carboxylic acids is 1. The highest BCUT2D eigenvalue weighted by atomic mass is 32.1. The van der Waals surface area contributed by atoms with Crippen molar-refractivity contribution < 1.29 is 19.1 Å². The van der Waals surface area contributed by atoms with Gasteiger partial charge in [-0.15, -0.1) is 11.3 Å². The van der Waals surface area contributed by atoms with Gasteiger partial charge in [-0.25, -0.2) is 9.18 Å². The van der Waals surface area contributed by atoms with Gasteiger partial charge in [0, 0.05) is 4.88 Å². The number of carbonyl (C=O) groups is 2. The number of anilines is 1. The minimum atomic E-state index is -1.05. The summed E-state index contributed by atoms with van der Waals surface area (Å²) in [6.45, 7) is 3.71. The van der Waals surface area contributed by atoms with Crippen molar-refractivity contribution in [3.8, 4) is 0 Å². The van der Waals surface area contributed by atoms with Crippen LogP contribution in [0.5, 0.6) is 0 Å². The molecule has 1 aromatic heterocycles. The lowest BCUT2D eigenvalue weighted by atomic mass is 10.1. The molecule has 6 heteroatoms. The van der Waals surface area contributed by atoms with Crippen molar-refractivity contribution in [2.45, 2.75) is 26.7 Å². The summed E-state index contributed by atoms with van der Waals surface area (Å²) in [7, 11) is 0. The van der Waals surface area contributed by atoms with Crippen LogP contribution in [-0.2, 0) is 17.6 Å². The molecule has 0 spiro atoms. The zero-order chi connectivity index (χ0) is 16.3. The maximum absolute atomic E-state index is 13.1. The number of hydrogen-bond acceptors (Lipinski definition) is 3. The molecular weight excluding hydrogens is 305 g/mol. The summed E-state index contributed by atoms with van der Waals surface area (Å²) in [6.07, 6.45) is 0.582. The predicted molar refractivity (Wildman–Crippen MR) is 84.1 cm³/mol. The Labute approximate surface area is 131 Å². The Kier molecular flexibility index (Phi) is 4.92. The molecule has 0 saturated heterocycles. The van der Waals surface area contributed by atoms with Gasteiger partial charge >= 0.3 is 5.97 Å². The minimum absolute atomic E-state index is 0.00474. The van der Waals surface area contributed by atoms with Crippen molar-refractivity contribution in [2.75, 3.05) is 5.32 Å². The van der Waals surface area contributed by atoms with E-state index in [4.69, 9.17) is 0 Å². The molecule has 0 aliphatic heterocycles. The number of carboxylic acid groups (broad SMARTS) is 1. The van der Waals surface area contributed by atoms with Crippen LogP contribution >= 0.6 is 11.3 Å². The molecule has 0 saturated carbocycles. The van der Waals surface area contributed by atoms with E-state index in [0.717, 1.165) is 10.4 Å². The fraction of sp³-hybridized carbons (Fsp3) is 0.250. The normalized spacial score (nSPS) is 10.5. The van der Waals surface area contributed by atoms with Gasteiger partial charge in [-0.3, -0.25) is 4.79 Å². The quantitative estimate of drug-likeness (QED) is 0.883. The van der Waals surface area contributed by atoms with Crippen molar-refractivity contribution in [1.29, 1.82) is 0 Å². The molecule has 2 rings (SSSR count). The Morgan fingerprint density at radius 2 is 2.09 bits per heavy atom. The third-order valence-corrected chi connectivity index (χ3v) is 4.35. The fourth-order valence-electron chi connectivity index (χ4n) is 2.32. The summed E-state index contributed by atoms with van der Waals surface area (Å²) in [5, 5.41) is 12.3. The second kappa shape index (κ2) is 6.70. The molecule has 116 valence electrons. The van der Waals surface area contributed by atoms with Crippen molar-refractivity contribution >= 4 is 28.2 Å². The summed E-state index contributed by atoms with van der Waals surface area (Å²) in [5.74, 6) is -1.82. The molecule has 0 fully saturated rings. The number of aryl methyl sites for hydroxylation is 1. The van der Waals surface area contributed by atoms with E-state index in [1.807, 2.05) is 13.8 Å². The van der Waals surface area contributed by atoms with Crippen LogP contribution in [-0.4, -0.2) is 17.0 Å². The largest absolute Gasteiger partial charge is 0.478 e. The van der Waals surface area contributed by atoms with Gasteiger partial charge in [0.15, 0.2) is 0 Å². The van der Waals surface area contributed by atoms with Crippen molar-refractivity contribution in [2.24, 2.45) is 0 Å². The molecule has 1 aromatic carbocycles. The smallest absolute Gasteiger partial charge is 0.339 e. The third kappa shape index (κ3) is 3.51. The van der Waals surface area contributed by atoms with Gasteiger partial charge in [-0.05, 0) is 36.6 Å². The van der Waals surface area contributed by atoms with Gasteiger partial charge in [0.2, 0.25) is 5.91 Å². The average molecular weight is 321 g/mol. The topological polar surface area (TPSA) is 66.4 Å². The van der Waals surface area contributed by atoms with E-state index in [0.29, 0.717) is 17.0 Å². The predicted octanol–water partition coefficient (Wildman–Crippen LogP) is 3.64. The van der Waals surface area contributed by atoms with Crippen molar-refractivity contribution in [1.82, 2.24) is 0 Å². The Morgan fingerprint density at radius 3 is 2.68 bits per heavy atom. The number of nitrogens with one attached hydrogen (secondary N) is 1. The van der Waals surface area contributed by atoms with Crippen LogP contribution in [0.3, 0.4) is 0 Å². The molecule has 0 aliphatic rings. The average Bonchev–Trinajstić information content (AvgIpc) is 2.74. The molecule has 22 heavy (non-hydrogen) atoms. The van der Waals surface area contributed by atoms with E-state index >= 15 is 0 Å². The molecule has 1 amide bonds. The first-order valence-corrected chi connectivity index (χ1v) is 7.63. The molecule has 2 aromatic rings. The van der Waals surface area contributed by atoms with E-state index in [9.17, 15) is 19.1 Å². The first-order chi connectivity index (χ1) is 10.4. The highest BCUT2D eigenvalue weighted by molar-refractivity contribution is 7.16. The summed E-state index contributed by atoms with van der Waals surface area (Å²) >= 11 is 1.25. The van der Waals surface area contributed by atoms with E-state index in [1.165, 1.54) is 29.5 Å². The second-order valence-electron chi connectivity index (χ2n) is 4.85. The summed E-state index contributed by atoms with van der Waals surface area (Å²) in [5.41, 5.74) is 1.43. The summed E-state index contributed by atoms with van der Waals surface area (Å²) < 4.78 is 13.1. The number of carboxylic acids is 1. The number of amides is 1. The Morgan fingerprint density at radius 1 is 1.36 bits per heavy atom. The lowest BCUT2D eigenvalue weighted by Crippen LogP contribution is -2.16. The number of aromatic carboxylic acids is 1. The lowest BCUT2D eigenvalue weighted by Gasteiger charge is -2.05. The molecule has 2 N–H and O–H groups in total. The van der Waals surface area contributed by atoms with Crippen LogP contribution in [0, 0.1) is 12.7 Å². The van der Waals surface area contributed by atoms with E-state index in [-0.39, 0.29) is 17.9 Å². The SMILES string of the molecule is CCc1c(C)sc(NC(=O)Cc2cccc(F)c2)c1C(=O)O. The number of benzene rings is 1. The number of rotatable bonds is 5. The van der Waals surface area contributed by atoms with Gasteiger partial charge in [-0.2, -0.15) is 0 Å². The highest BCUT2D eigenvalue weighted by Gasteiger charge is 2.21. The molecule has 0 bridgehead atoms. The van der Waals surface area contributed by atoms with Crippen LogP contribution in [0.1, 0.15) is 33.3 Å². The van der Waals surface area contributed by atoms with E-state index < -0.39 is 11.8 Å². The molecule has 0 aliphatic carbocycles. The van der Waals surface area contributed by atoms with Crippen LogP contribution in [0.15, 0.2) is 24.3 Å². The summed E-state index contributed by atoms with van der Waals surface area (Å²) in [6, 6.07) is 5.78. The number of hydrogen-bond donors (Lipinski definition) is 2. The lowest BCUT2D eigenvalue weighted by molar-refractivity contribution is -0.115. The maximum atomic E-state index is 13.1. The maximum Gasteiger partial charge on any atom is 0.339 e. The standard InChI is InChI=1S/C16H16FNO3S/c1-3-12-9(2)22-15(14(12)16(20)21)18-13(19)8-10-5-4-6-11(17)7-10/h4-7H,3,8H2,1-2H3,(H,18,19)(H,20,21). The van der Waals surface area contributed by atoms with Crippen LogP contribution < -0.4 is 5.32 Å². The Bertz CT molecular complexity index is 724. The molecule has 4 nitrogen and oxygen atoms in total. The monoisotopic (exact) mass is 321 g/mol. The fourth-order valence-corrected chi connectivity index (χ4v) is 3.48. The molecule has 0 unspecified atom stereocenters. The van der Waals surface area contributed by atoms with Gasteiger partial charge in [0.05, 0.1) is 12.0 Å². The summed E-state index contributed by atoms with van der Waals surface area (Å²) in [4.78, 5) is 24.3. The molecule has 0 radical (unpaired) electrons. The van der Waals surface area contributed by atoms with Crippen LogP contribution in [0.4, 0.5) is 9.39 Å². The minimum Gasteiger partial charge on any atom is -0.478 e. The highest BCUT2D eigenvalue weighted by Crippen LogP contribution is 2.33. The zero-order valence-corrected chi connectivity index (χ0v) is 13.1. The molecular formula is C16H16FNO3S. The second-order valence-corrected chi connectivity index (χ2v) is 6.08. The van der Waals surface area contributed by atoms with Gasteiger partial charge in [0.25, 0.3) is 0 Å². The Hall–Kier alpha value is -2.21. The van der Waals surface area contributed by atoms with E-state index in [2.05, 4.69) is 5.32 Å². The van der Waals surface area contributed by atoms with Crippen LogP contribution in [0.2, 0.25) is 0 Å². The van der Waals surface area contributed by atoms with Crippen molar-refractivity contribution in [3.05, 3.63) is 51.7 Å². The van der Waals surface area contributed by atoms with Crippen LogP contribution in [0.25, 0.3) is 0 Å². The number of thiophene rings is 1. The molecule has 1 heterocycles. The first-order valence-electron chi connectivity index (χ1n) is 6.82. The first kappa shape index (κ1) is 16.2. The van der Waals surface area contributed by atoms with E-state index in [1.54, 1.807) is 6.07 Å². The van der Waals surface area contributed by atoms with Crippen molar-refractivity contribution in [3.63, 3.8) is 0 Å².